The lowest BCUT2D eigenvalue weighted by atomic mass is 10.0. The molecule has 2 aromatic carbocycles. The van der Waals surface area contributed by atoms with Crippen LogP contribution in [0, 0.1) is 11.6 Å². The van der Waals surface area contributed by atoms with Crippen LogP contribution in [0.2, 0.25) is 0 Å². The molecule has 0 fully saturated rings. The standard InChI is InChI=1S/C16H9BrF2OS/c17-11-1-3-14(19)9(6-11)5-10-8-21-15-4-2-12(18)7-13(15)16(10)20/h1-7H,8H2/b10-5+. The van der Waals surface area contributed by atoms with Crippen LogP contribution in [-0.2, 0) is 0 Å². The van der Waals surface area contributed by atoms with Gasteiger partial charge in [0.2, 0.25) is 0 Å². The molecule has 0 saturated heterocycles. The van der Waals surface area contributed by atoms with Crippen molar-refractivity contribution in [1.29, 1.82) is 0 Å². The van der Waals surface area contributed by atoms with Crippen LogP contribution < -0.4 is 0 Å². The fourth-order valence-corrected chi connectivity index (χ4v) is 3.50. The van der Waals surface area contributed by atoms with E-state index in [4.69, 9.17) is 0 Å². The van der Waals surface area contributed by atoms with E-state index >= 15 is 0 Å². The highest BCUT2D eigenvalue weighted by atomic mass is 79.9. The van der Waals surface area contributed by atoms with Gasteiger partial charge in [0.15, 0.2) is 5.78 Å². The van der Waals surface area contributed by atoms with Crippen molar-refractivity contribution in [3.8, 4) is 0 Å². The fourth-order valence-electron chi connectivity index (χ4n) is 2.12. The van der Waals surface area contributed by atoms with E-state index in [1.54, 1.807) is 18.2 Å². The second kappa shape index (κ2) is 5.73. The van der Waals surface area contributed by atoms with Crippen molar-refractivity contribution in [2.75, 3.05) is 5.75 Å². The predicted molar refractivity (Wildman–Crippen MR) is 83.5 cm³/mol. The summed E-state index contributed by atoms with van der Waals surface area (Å²) in [6.45, 7) is 0. The van der Waals surface area contributed by atoms with Gasteiger partial charge in [-0.15, -0.1) is 11.8 Å². The third kappa shape index (κ3) is 2.94. The molecule has 1 aliphatic heterocycles. The van der Waals surface area contributed by atoms with Gasteiger partial charge in [-0.1, -0.05) is 15.9 Å². The SMILES string of the molecule is O=C1/C(=C/c2cc(Br)ccc2F)CSc2ccc(F)cc21. The summed E-state index contributed by atoms with van der Waals surface area (Å²) in [5.41, 5.74) is 1.15. The lowest BCUT2D eigenvalue weighted by Gasteiger charge is -2.17. The Bertz CT molecular complexity index is 771. The Kier molecular flexibility index (Phi) is 3.95. The topological polar surface area (TPSA) is 17.1 Å². The molecule has 0 bridgehead atoms. The molecule has 1 heterocycles. The molecular weight excluding hydrogens is 358 g/mol. The quantitative estimate of drug-likeness (QED) is 0.653. The van der Waals surface area contributed by atoms with Crippen molar-refractivity contribution in [3.05, 3.63) is 69.2 Å². The fraction of sp³-hybridized carbons (Fsp3) is 0.0625. The number of hydrogen-bond acceptors (Lipinski definition) is 2. The molecule has 0 aliphatic carbocycles. The van der Waals surface area contributed by atoms with E-state index in [2.05, 4.69) is 15.9 Å². The van der Waals surface area contributed by atoms with Gasteiger partial charge < -0.3 is 0 Å². The number of Topliss-reactive ketones (excluding diaryl/α,β-unsaturated/α-hetero) is 1. The van der Waals surface area contributed by atoms with E-state index in [1.165, 1.54) is 36.0 Å². The molecule has 106 valence electrons. The number of rotatable bonds is 1. The molecule has 1 aliphatic rings. The maximum Gasteiger partial charge on any atom is 0.191 e. The van der Waals surface area contributed by atoms with Crippen LogP contribution >= 0.6 is 27.7 Å². The van der Waals surface area contributed by atoms with Crippen LogP contribution in [0.4, 0.5) is 8.78 Å². The first-order valence-corrected chi connectivity index (χ1v) is 7.95. The molecule has 1 nitrogen and oxygen atoms in total. The van der Waals surface area contributed by atoms with Crippen LogP contribution in [0.3, 0.4) is 0 Å². The van der Waals surface area contributed by atoms with E-state index in [9.17, 15) is 13.6 Å². The van der Waals surface area contributed by atoms with Gasteiger partial charge in [0.25, 0.3) is 0 Å². The molecule has 0 spiro atoms. The summed E-state index contributed by atoms with van der Waals surface area (Å²) >= 11 is 4.72. The Hall–Kier alpha value is -1.46. The zero-order valence-electron chi connectivity index (χ0n) is 10.7. The van der Waals surface area contributed by atoms with Gasteiger partial charge in [-0.05, 0) is 42.5 Å². The minimum atomic E-state index is -0.447. The number of fused-ring (bicyclic) bond motifs is 1. The Balaban J connectivity index is 2.03. The Morgan fingerprint density at radius 1 is 1.14 bits per heavy atom. The highest BCUT2D eigenvalue weighted by Crippen LogP contribution is 2.34. The first-order chi connectivity index (χ1) is 10.0. The van der Waals surface area contributed by atoms with E-state index in [0.29, 0.717) is 22.5 Å². The van der Waals surface area contributed by atoms with E-state index in [0.717, 1.165) is 9.37 Å². The highest BCUT2D eigenvalue weighted by molar-refractivity contribution is 9.10. The first-order valence-electron chi connectivity index (χ1n) is 6.17. The monoisotopic (exact) mass is 366 g/mol. The van der Waals surface area contributed by atoms with Gasteiger partial charge in [-0.25, -0.2) is 8.78 Å². The number of carbonyl (C=O) groups excluding carboxylic acids is 1. The molecule has 0 atom stereocenters. The highest BCUT2D eigenvalue weighted by Gasteiger charge is 2.23. The Morgan fingerprint density at radius 2 is 1.95 bits per heavy atom. The number of halogens is 3. The molecule has 21 heavy (non-hydrogen) atoms. The average molecular weight is 367 g/mol. The van der Waals surface area contributed by atoms with Crippen LogP contribution in [0.15, 0.2) is 51.3 Å². The summed E-state index contributed by atoms with van der Waals surface area (Å²) in [6.07, 6.45) is 1.53. The summed E-state index contributed by atoms with van der Waals surface area (Å²) in [5.74, 6) is -0.641. The van der Waals surface area contributed by atoms with Gasteiger partial charge in [-0.3, -0.25) is 4.79 Å². The van der Waals surface area contributed by atoms with Crippen LogP contribution in [0.1, 0.15) is 15.9 Å². The number of carbonyl (C=O) groups is 1. The summed E-state index contributed by atoms with van der Waals surface area (Å²) in [7, 11) is 0. The maximum absolute atomic E-state index is 13.8. The van der Waals surface area contributed by atoms with Crippen molar-refractivity contribution in [3.63, 3.8) is 0 Å². The normalized spacial score (nSPS) is 16.1. The number of thioether (sulfide) groups is 1. The van der Waals surface area contributed by atoms with Crippen LogP contribution in [0.25, 0.3) is 6.08 Å². The van der Waals surface area contributed by atoms with Gasteiger partial charge in [0, 0.05) is 31.8 Å². The molecule has 2 aromatic rings. The number of benzene rings is 2. The van der Waals surface area contributed by atoms with Crippen molar-refractivity contribution >= 4 is 39.6 Å². The molecule has 0 amide bonds. The second-order valence-corrected chi connectivity index (χ2v) is 6.53. The third-order valence-corrected chi connectivity index (χ3v) is 4.76. The van der Waals surface area contributed by atoms with Crippen LogP contribution in [0.5, 0.6) is 0 Å². The van der Waals surface area contributed by atoms with Gasteiger partial charge >= 0.3 is 0 Å². The average Bonchev–Trinajstić information content (AvgIpc) is 2.46. The van der Waals surface area contributed by atoms with Crippen molar-refractivity contribution in [2.24, 2.45) is 0 Å². The third-order valence-electron chi connectivity index (χ3n) is 3.15. The molecule has 3 rings (SSSR count). The summed E-state index contributed by atoms with van der Waals surface area (Å²) < 4.78 is 27.8. The van der Waals surface area contributed by atoms with Crippen molar-refractivity contribution < 1.29 is 13.6 Å². The van der Waals surface area contributed by atoms with Crippen LogP contribution in [-0.4, -0.2) is 11.5 Å². The summed E-state index contributed by atoms with van der Waals surface area (Å²) in [6, 6.07) is 8.71. The number of hydrogen-bond donors (Lipinski definition) is 0. The Morgan fingerprint density at radius 3 is 2.76 bits per heavy atom. The van der Waals surface area contributed by atoms with E-state index in [1.807, 2.05) is 0 Å². The van der Waals surface area contributed by atoms with E-state index < -0.39 is 11.6 Å². The molecule has 0 N–H and O–H groups in total. The molecule has 0 radical (unpaired) electrons. The molecule has 0 aromatic heterocycles. The van der Waals surface area contributed by atoms with Gasteiger partial charge in [0.1, 0.15) is 11.6 Å². The minimum Gasteiger partial charge on any atom is -0.289 e. The lowest BCUT2D eigenvalue weighted by molar-refractivity contribution is 0.103. The molecule has 0 saturated carbocycles. The Labute approximate surface area is 133 Å². The summed E-state index contributed by atoms with van der Waals surface area (Å²) in [5, 5.41) is 0. The molecule has 5 heteroatoms. The van der Waals surface area contributed by atoms with Gasteiger partial charge in [0.05, 0.1) is 0 Å². The van der Waals surface area contributed by atoms with Gasteiger partial charge in [-0.2, -0.15) is 0 Å². The van der Waals surface area contributed by atoms with E-state index in [-0.39, 0.29) is 5.78 Å². The first kappa shape index (κ1) is 14.5. The number of ketones is 1. The predicted octanol–water partition coefficient (Wildman–Crippen LogP) is 5.10. The zero-order chi connectivity index (χ0) is 15.0. The lowest BCUT2D eigenvalue weighted by Crippen LogP contribution is -2.12. The minimum absolute atomic E-state index is 0.248. The van der Waals surface area contributed by atoms with Crippen molar-refractivity contribution in [1.82, 2.24) is 0 Å². The van der Waals surface area contributed by atoms with Crippen molar-refractivity contribution in [2.45, 2.75) is 4.90 Å². The smallest absolute Gasteiger partial charge is 0.191 e. The summed E-state index contributed by atoms with van der Waals surface area (Å²) in [4.78, 5) is 13.1. The maximum atomic E-state index is 13.8. The molecular formula is C16H9BrF2OS. The second-order valence-electron chi connectivity index (χ2n) is 4.59. The molecule has 0 unspecified atom stereocenters. The largest absolute Gasteiger partial charge is 0.289 e. The zero-order valence-corrected chi connectivity index (χ0v) is 13.1.